The normalized spacial score (nSPS) is 19.4. The lowest BCUT2D eigenvalue weighted by Gasteiger charge is -2.17. The predicted molar refractivity (Wildman–Crippen MR) is 107 cm³/mol. The van der Waals surface area contributed by atoms with E-state index in [-0.39, 0.29) is 0 Å². The average molecular weight is 342 g/mol. The van der Waals surface area contributed by atoms with Crippen molar-refractivity contribution in [1.82, 2.24) is 0 Å². The molecule has 3 aromatic carbocycles. The van der Waals surface area contributed by atoms with E-state index < -0.39 is 5.66 Å². The molecule has 122 valence electrons. The minimum absolute atomic E-state index is 0.580. The van der Waals surface area contributed by atoms with E-state index in [1.54, 1.807) is 11.8 Å². The van der Waals surface area contributed by atoms with Crippen molar-refractivity contribution in [3.05, 3.63) is 102 Å². The van der Waals surface area contributed by atoms with E-state index in [4.69, 9.17) is 9.98 Å². The Labute approximate surface area is 152 Å². The molecule has 1 aliphatic heterocycles. The van der Waals surface area contributed by atoms with E-state index in [0.717, 1.165) is 21.9 Å². The van der Waals surface area contributed by atoms with Crippen LogP contribution in [-0.2, 0) is 5.66 Å². The highest BCUT2D eigenvalue weighted by molar-refractivity contribution is 8.15. The average Bonchev–Trinajstić information content (AvgIpc) is 3.02. The van der Waals surface area contributed by atoms with Crippen molar-refractivity contribution in [3.63, 3.8) is 0 Å². The zero-order chi connectivity index (χ0) is 17.1. The van der Waals surface area contributed by atoms with Crippen LogP contribution in [0, 0.1) is 0 Å². The van der Waals surface area contributed by atoms with Gasteiger partial charge in [0.05, 0.1) is 0 Å². The molecular formula is C22H18N2S. The summed E-state index contributed by atoms with van der Waals surface area (Å²) in [6.07, 6.45) is 0. The Hall–Kier alpha value is -2.65. The first-order valence-corrected chi connectivity index (χ1v) is 9.10. The number of benzene rings is 3. The number of hydrogen-bond acceptors (Lipinski definition) is 3. The van der Waals surface area contributed by atoms with E-state index in [2.05, 4.69) is 43.3 Å². The highest BCUT2D eigenvalue weighted by Gasteiger charge is 2.34. The van der Waals surface area contributed by atoms with Crippen LogP contribution in [-0.4, -0.2) is 10.8 Å². The maximum absolute atomic E-state index is 5.03. The number of hydrogen-bond donors (Lipinski definition) is 0. The van der Waals surface area contributed by atoms with Crippen molar-refractivity contribution in [2.45, 2.75) is 17.5 Å². The molecule has 2 nitrogen and oxygen atoms in total. The van der Waals surface area contributed by atoms with Crippen molar-refractivity contribution in [1.29, 1.82) is 0 Å². The van der Waals surface area contributed by atoms with Crippen LogP contribution in [0.1, 0.15) is 18.1 Å². The molecule has 1 heterocycles. The summed E-state index contributed by atoms with van der Waals surface area (Å²) >= 11 is 1.67. The van der Waals surface area contributed by atoms with Gasteiger partial charge in [-0.2, -0.15) is 0 Å². The van der Waals surface area contributed by atoms with Gasteiger partial charge in [0.2, 0.25) is 0 Å². The molecule has 0 aliphatic carbocycles. The van der Waals surface area contributed by atoms with Gasteiger partial charge in [-0.05, 0) is 19.1 Å². The van der Waals surface area contributed by atoms with Crippen molar-refractivity contribution in [2.75, 3.05) is 0 Å². The second-order valence-electron chi connectivity index (χ2n) is 6.05. The largest absolute Gasteiger partial charge is 0.248 e. The van der Waals surface area contributed by atoms with Crippen LogP contribution >= 0.6 is 11.8 Å². The standard InChI is InChI=1S/C22H18N2S/c1-22(18-13-7-3-8-14-18)23-20(17-11-5-2-6-12-17)21(24-22)25-19-15-9-4-10-16-19/h2-16H,1H3. The first-order valence-electron chi connectivity index (χ1n) is 8.28. The van der Waals surface area contributed by atoms with Crippen LogP contribution in [0.2, 0.25) is 0 Å². The smallest absolute Gasteiger partial charge is 0.175 e. The summed E-state index contributed by atoms with van der Waals surface area (Å²) in [6, 6.07) is 30.9. The predicted octanol–water partition coefficient (Wildman–Crippen LogP) is 5.55. The second-order valence-corrected chi connectivity index (χ2v) is 7.11. The van der Waals surface area contributed by atoms with Crippen molar-refractivity contribution in [3.8, 4) is 0 Å². The van der Waals surface area contributed by atoms with Gasteiger partial charge in [-0.25, -0.2) is 9.98 Å². The second kappa shape index (κ2) is 6.69. The molecule has 3 heteroatoms. The van der Waals surface area contributed by atoms with Gasteiger partial charge in [-0.1, -0.05) is 90.6 Å². The van der Waals surface area contributed by atoms with Crippen LogP contribution in [0.5, 0.6) is 0 Å². The van der Waals surface area contributed by atoms with Crippen LogP contribution in [0.4, 0.5) is 0 Å². The lowest BCUT2D eigenvalue weighted by atomic mass is 10.0. The third-order valence-electron chi connectivity index (χ3n) is 4.18. The fourth-order valence-corrected chi connectivity index (χ4v) is 3.88. The molecule has 0 bridgehead atoms. The molecule has 0 saturated carbocycles. The van der Waals surface area contributed by atoms with Crippen LogP contribution in [0.3, 0.4) is 0 Å². The number of nitrogens with zero attached hydrogens (tertiary/aromatic N) is 2. The topological polar surface area (TPSA) is 24.7 Å². The van der Waals surface area contributed by atoms with Gasteiger partial charge in [0, 0.05) is 16.0 Å². The van der Waals surface area contributed by atoms with Gasteiger partial charge in [-0.15, -0.1) is 0 Å². The summed E-state index contributed by atoms with van der Waals surface area (Å²) in [5.74, 6) is 0. The van der Waals surface area contributed by atoms with Crippen LogP contribution in [0.15, 0.2) is 106 Å². The van der Waals surface area contributed by atoms with Crippen molar-refractivity contribution in [2.24, 2.45) is 9.98 Å². The summed E-state index contributed by atoms with van der Waals surface area (Å²) in [4.78, 5) is 11.2. The molecule has 0 spiro atoms. The SMILES string of the molecule is CC1(c2ccccc2)N=C(Sc2ccccc2)C(c2ccccc2)=N1. The molecule has 1 unspecified atom stereocenters. The Balaban J connectivity index is 1.79. The summed E-state index contributed by atoms with van der Waals surface area (Å²) in [7, 11) is 0. The monoisotopic (exact) mass is 342 g/mol. The minimum Gasteiger partial charge on any atom is -0.248 e. The van der Waals surface area contributed by atoms with E-state index in [1.807, 2.05) is 54.6 Å². The molecule has 0 amide bonds. The van der Waals surface area contributed by atoms with Gasteiger partial charge in [0.1, 0.15) is 10.8 Å². The molecular weight excluding hydrogens is 324 g/mol. The fourth-order valence-electron chi connectivity index (χ4n) is 2.88. The molecule has 3 aromatic rings. The highest BCUT2D eigenvalue weighted by Crippen LogP contribution is 2.36. The molecule has 0 radical (unpaired) electrons. The van der Waals surface area contributed by atoms with E-state index in [9.17, 15) is 0 Å². The Morgan fingerprint density at radius 3 is 1.88 bits per heavy atom. The molecule has 1 aliphatic rings. The minimum atomic E-state index is -0.580. The third-order valence-corrected chi connectivity index (χ3v) is 5.16. The molecule has 25 heavy (non-hydrogen) atoms. The van der Waals surface area contributed by atoms with E-state index in [0.29, 0.717) is 0 Å². The number of rotatable bonds is 3. The Morgan fingerprint density at radius 1 is 0.680 bits per heavy atom. The quantitative estimate of drug-likeness (QED) is 0.612. The Bertz CT molecular complexity index is 918. The lowest BCUT2D eigenvalue weighted by molar-refractivity contribution is 0.542. The van der Waals surface area contributed by atoms with Crippen molar-refractivity contribution < 1.29 is 0 Å². The molecule has 0 aromatic heterocycles. The molecule has 4 rings (SSSR count). The van der Waals surface area contributed by atoms with E-state index >= 15 is 0 Å². The third kappa shape index (κ3) is 3.28. The van der Waals surface area contributed by atoms with Gasteiger partial charge >= 0.3 is 0 Å². The van der Waals surface area contributed by atoms with E-state index in [1.165, 1.54) is 4.90 Å². The molecule has 0 fully saturated rings. The Kier molecular flexibility index (Phi) is 4.24. The summed E-state index contributed by atoms with van der Waals surface area (Å²) in [6.45, 7) is 2.07. The Morgan fingerprint density at radius 2 is 1.24 bits per heavy atom. The fraction of sp³-hybridized carbons (Fsp3) is 0.0909. The number of thioether (sulfide) groups is 1. The van der Waals surface area contributed by atoms with Crippen LogP contribution in [0.25, 0.3) is 0 Å². The van der Waals surface area contributed by atoms with Crippen LogP contribution < -0.4 is 0 Å². The van der Waals surface area contributed by atoms with Gasteiger partial charge < -0.3 is 0 Å². The first-order chi connectivity index (χ1) is 12.2. The van der Waals surface area contributed by atoms with Gasteiger partial charge in [0.15, 0.2) is 5.66 Å². The molecule has 0 N–H and O–H groups in total. The zero-order valence-electron chi connectivity index (χ0n) is 14.0. The molecule has 1 atom stereocenters. The first kappa shape index (κ1) is 15.9. The number of aliphatic imine (C=N–C) groups is 2. The molecule has 0 saturated heterocycles. The zero-order valence-corrected chi connectivity index (χ0v) is 14.8. The summed E-state index contributed by atoms with van der Waals surface area (Å²) in [5, 5.41) is 0.962. The maximum Gasteiger partial charge on any atom is 0.175 e. The lowest BCUT2D eigenvalue weighted by Crippen LogP contribution is -2.13. The van der Waals surface area contributed by atoms with Gasteiger partial charge in [-0.3, -0.25) is 0 Å². The highest BCUT2D eigenvalue weighted by atomic mass is 32.2. The van der Waals surface area contributed by atoms with Crippen molar-refractivity contribution >= 4 is 22.5 Å². The summed E-state index contributed by atoms with van der Waals surface area (Å²) < 4.78 is 0. The summed E-state index contributed by atoms with van der Waals surface area (Å²) in [5.41, 5.74) is 2.58. The maximum atomic E-state index is 5.03. The van der Waals surface area contributed by atoms with Gasteiger partial charge in [0.25, 0.3) is 0 Å².